The number of phosphoric acid groups is 1. The number of hydrogen-bond acceptors (Lipinski definition) is 7. The fourth-order valence-corrected chi connectivity index (χ4v) is 3.93. The van der Waals surface area contributed by atoms with Crippen LogP contribution in [0.4, 0.5) is 0 Å². The number of nitrogens with two attached hydrogens (primary N) is 1. The number of phosphoric ester groups is 1. The van der Waals surface area contributed by atoms with Gasteiger partial charge in [0, 0.05) is 19.6 Å². The minimum absolute atomic E-state index is 0.0922. The van der Waals surface area contributed by atoms with E-state index in [-0.39, 0.29) is 32.3 Å². The van der Waals surface area contributed by atoms with Gasteiger partial charge in [-0.2, -0.15) is 0 Å². The molecule has 0 radical (unpaired) electrons. The first kappa shape index (κ1) is 31.5. The number of carbonyl (C=O) groups excluding carboxylic acids is 1. The molecule has 0 aromatic heterocycles. The normalized spacial score (nSPS) is 14.2. The molecule has 0 aliphatic carbocycles. The lowest BCUT2D eigenvalue weighted by Crippen LogP contribution is -2.28. The third-order valence-corrected chi connectivity index (χ3v) is 6.01. The fourth-order valence-electron chi connectivity index (χ4n) is 3.17. The van der Waals surface area contributed by atoms with Crippen molar-refractivity contribution in [2.24, 2.45) is 5.73 Å². The van der Waals surface area contributed by atoms with Crippen LogP contribution in [0.1, 0.15) is 104 Å². The molecule has 0 aliphatic heterocycles. The summed E-state index contributed by atoms with van der Waals surface area (Å²) < 4.78 is 32.7. The second-order valence-corrected chi connectivity index (χ2v) is 9.67. The summed E-state index contributed by atoms with van der Waals surface area (Å²) in [6.45, 7) is 4.79. The molecule has 0 bridgehead atoms. The van der Waals surface area contributed by atoms with Crippen LogP contribution in [0.2, 0.25) is 0 Å². The minimum atomic E-state index is -4.23. The Morgan fingerprint density at radius 2 is 1.38 bits per heavy atom. The molecule has 32 heavy (non-hydrogen) atoms. The molecule has 192 valence electrons. The average Bonchev–Trinajstić information content (AvgIpc) is 2.77. The Morgan fingerprint density at radius 3 is 1.97 bits per heavy atom. The SMILES string of the molecule is CCCCCCCCCOCC(COP(=O)(O)OCCN)OC(=O)CCCCCCCC. The molecule has 0 saturated carbocycles. The second-order valence-electron chi connectivity index (χ2n) is 8.21. The van der Waals surface area contributed by atoms with Crippen molar-refractivity contribution in [3.8, 4) is 0 Å². The van der Waals surface area contributed by atoms with Crippen LogP contribution in [0.5, 0.6) is 0 Å². The Bertz CT molecular complexity index is 479. The molecule has 0 aliphatic rings. The van der Waals surface area contributed by atoms with Gasteiger partial charge >= 0.3 is 13.8 Å². The average molecular weight is 482 g/mol. The largest absolute Gasteiger partial charge is 0.472 e. The summed E-state index contributed by atoms with van der Waals surface area (Å²) in [4.78, 5) is 21.9. The Balaban J connectivity index is 4.27. The molecule has 0 aromatic rings. The number of ether oxygens (including phenoxy) is 2. The molecule has 9 heteroatoms. The molecule has 0 fully saturated rings. The van der Waals surface area contributed by atoms with Crippen molar-refractivity contribution in [1.29, 1.82) is 0 Å². The minimum Gasteiger partial charge on any atom is -0.457 e. The van der Waals surface area contributed by atoms with Crippen molar-refractivity contribution >= 4 is 13.8 Å². The van der Waals surface area contributed by atoms with Gasteiger partial charge in [-0.05, 0) is 12.8 Å². The maximum absolute atomic E-state index is 12.2. The zero-order chi connectivity index (χ0) is 23.9. The van der Waals surface area contributed by atoms with Crippen LogP contribution >= 0.6 is 7.82 Å². The number of rotatable bonds is 24. The quantitative estimate of drug-likeness (QED) is 0.105. The van der Waals surface area contributed by atoms with Gasteiger partial charge in [0.05, 0.1) is 19.8 Å². The van der Waals surface area contributed by atoms with Gasteiger partial charge in [-0.1, -0.05) is 84.5 Å². The van der Waals surface area contributed by atoms with Gasteiger partial charge in [-0.25, -0.2) is 4.57 Å². The number of esters is 1. The summed E-state index contributed by atoms with van der Waals surface area (Å²) in [7, 11) is -4.23. The van der Waals surface area contributed by atoms with Crippen molar-refractivity contribution < 1.29 is 32.8 Å². The summed E-state index contributed by atoms with van der Waals surface area (Å²) in [5.41, 5.74) is 5.28. The zero-order valence-electron chi connectivity index (χ0n) is 20.4. The number of hydrogen-bond donors (Lipinski definition) is 2. The second kappa shape index (κ2) is 22.3. The standard InChI is InChI=1S/C23H48NO7P/c1-3-5-7-9-11-13-15-18-28-20-22(21-30-32(26,27)29-19-17-24)31-23(25)16-14-12-10-8-6-4-2/h22H,3-21,24H2,1-2H3,(H,26,27). The van der Waals surface area contributed by atoms with E-state index in [2.05, 4.69) is 13.8 Å². The van der Waals surface area contributed by atoms with E-state index in [0.717, 1.165) is 32.1 Å². The fraction of sp³-hybridized carbons (Fsp3) is 0.957. The highest BCUT2D eigenvalue weighted by molar-refractivity contribution is 7.47. The molecule has 0 amide bonds. The summed E-state index contributed by atoms with van der Waals surface area (Å²) in [6.07, 6.45) is 14.3. The van der Waals surface area contributed by atoms with Crippen LogP contribution in [0, 0.1) is 0 Å². The monoisotopic (exact) mass is 481 g/mol. The summed E-state index contributed by atoms with van der Waals surface area (Å²) in [6, 6.07) is 0. The topological polar surface area (TPSA) is 117 Å². The van der Waals surface area contributed by atoms with E-state index >= 15 is 0 Å². The molecule has 0 aromatic carbocycles. The van der Waals surface area contributed by atoms with E-state index in [1.165, 1.54) is 51.4 Å². The van der Waals surface area contributed by atoms with Gasteiger partial charge in [0.25, 0.3) is 0 Å². The molecule has 0 rings (SSSR count). The first-order valence-electron chi connectivity index (χ1n) is 12.5. The lowest BCUT2D eigenvalue weighted by atomic mass is 10.1. The lowest BCUT2D eigenvalue weighted by Gasteiger charge is -2.20. The predicted molar refractivity (Wildman–Crippen MR) is 127 cm³/mol. The van der Waals surface area contributed by atoms with Crippen LogP contribution in [-0.2, 0) is 27.9 Å². The third-order valence-electron chi connectivity index (χ3n) is 5.02. The van der Waals surface area contributed by atoms with E-state index in [9.17, 15) is 14.3 Å². The van der Waals surface area contributed by atoms with Crippen LogP contribution in [-0.4, -0.2) is 49.9 Å². The van der Waals surface area contributed by atoms with Gasteiger partial charge in [0.15, 0.2) is 0 Å². The van der Waals surface area contributed by atoms with Crippen molar-refractivity contribution in [2.45, 2.75) is 110 Å². The van der Waals surface area contributed by atoms with Gasteiger partial charge < -0.3 is 20.1 Å². The zero-order valence-corrected chi connectivity index (χ0v) is 21.3. The Morgan fingerprint density at radius 1 is 0.812 bits per heavy atom. The molecular formula is C23H48NO7P. The predicted octanol–water partition coefficient (Wildman–Crippen LogP) is 5.51. The summed E-state index contributed by atoms with van der Waals surface area (Å²) in [5, 5.41) is 0. The van der Waals surface area contributed by atoms with Crippen molar-refractivity contribution in [3.63, 3.8) is 0 Å². The number of carbonyl (C=O) groups is 1. The molecular weight excluding hydrogens is 433 g/mol. The molecule has 0 heterocycles. The van der Waals surface area contributed by atoms with Gasteiger partial charge in [-0.3, -0.25) is 13.8 Å². The van der Waals surface area contributed by atoms with Crippen LogP contribution in [0.15, 0.2) is 0 Å². The van der Waals surface area contributed by atoms with Crippen LogP contribution in [0.3, 0.4) is 0 Å². The van der Waals surface area contributed by atoms with Gasteiger partial charge in [-0.15, -0.1) is 0 Å². The Hall–Kier alpha value is -0.500. The van der Waals surface area contributed by atoms with Crippen LogP contribution in [0.25, 0.3) is 0 Å². The van der Waals surface area contributed by atoms with Crippen molar-refractivity contribution in [2.75, 3.05) is 33.0 Å². The van der Waals surface area contributed by atoms with E-state index in [1.807, 2.05) is 0 Å². The Labute approximate surface area is 195 Å². The first-order chi connectivity index (χ1) is 15.4. The third kappa shape index (κ3) is 21.4. The smallest absolute Gasteiger partial charge is 0.457 e. The van der Waals surface area contributed by atoms with E-state index < -0.39 is 13.9 Å². The van der Waals surface area contributed by atoms with Crippen molar-refractivity contribution in [1.82, 2.24) is 0 Å². The molecule has 2 unspecified atom stereocenters. The molecule has 8 nitrogen and oxygen atoms in total. The highest BCUT2D eigenvalue weighted by Crippen LogP contribution is 2.43. The van der Waals surface area contributed by atoms with Crippen molar-refractivity contribution in [3.05, 3.63) is 0 Å². The lowest BCUT2D eigenvalue weighted by molar-refractivity contribution is -0.154. The van der Waals surface area contributed by atoms with E-state index in [1.54, 1.807) is 0 Å². The summed E-state index contributed by atoms with van der Waals surface area (Å²) >= 11 is 0. The highest BCUT2D eigenvalue weighted by atomic mass is 31.2. The van der Waals surface area contributed by atoms with E-state index in [0.29, 0.717) is 13.0 Å². The maximum atomic E-state index is 12.2. The molecule has 0 saturated heterocycles. The van der Waals surface area contributed by atoms with Gasteiger partial charge in [0.1, 0.15) is 6.10 Å². The molecule has 0 spiro atoms. The Kier molecular flexibility index (Phi) is 22.0. The molecule has 3 N–H and O–H groups in total. The van der Waals surface area contributed by atoms with Gasteiger partial charge in [0.2, 0.25) is 0 Å². The first-order valence-corrected chi connectivity index (χ1v) is 14.0. The highest BCUT2D eigenvalue weighted by Gasteiger charge is 2.25. The molecule has 2 atom stereocenters. The van der Waals surface area contributed by atoms with Crippen LogP contribution < -0.4 is 5.73 Å². The number of unbranched alkanes of at least 4 members (excludes halogenated alkanes) is 11. The maximum Gasteiger partial charge on any atom is 0.472 e. The van der Waals surface area contributed by atoms with E-state index in [4.69, 9.17) is 24.3 Å². The summed E-state index contributed by atoms with van der Waals surface area (Å²) in [5.74, 6) is -0.343.